The molecule has 0 radical (unpaired) electrons. The summed E-state index contributed by atoms with van der Waals surface area (Å²) in [4.78, 5) is 20.5. The summed E-state index contributed by atoms with van der Waals surface area (Å²) in [5.41, 5.74) is 2.09. The zero-order valence-electron chi connectivity index (χ0n) is 14.0. The highest BCUT2D eigenvalue weighted by Crippen LogP contribution is 2.29. The largest absolute Gasteiger partial charge is 0.465 e. The van der Waals surface area contributed by atoms with E-state index >= 15 is 0 Å². The predicted molar refractivity (Wildman–Crippen MR) is 92.2 cm³/mol. The fraction of sp³-hybridized carbons (Fsp3) is 0.278. The highest BCUT2D eigenvalue weighted by atomic mass is 16.5. The Morgan fingerprint density at radius 2 is 2.20 bits per heavy atom. The van der Waals surface area contributed by atoms with E-state index in [1.54, 1.807) is 30.6 Å². The zero-order valence-corrected chi connectivity index (χ0v) is 14.0. The van der Waals surface area contributed by atoms with Crippen LogP contribution in [0.3, 0.4) is 0 Å². The van der Waals surface area contributed by atoms with Crippen molar-refractivity contribution in [3.8, 4) is 11.6 Å². The molecule has 3 aromatic rings. The van der Waals surface area contributed by atoms with Gasteiger partial charge in [0.2, 0.25) is 5.88 Å². The zero-order chi connectivity index (χ0) is 17.4. The Kier molecular flexibility index (Phi) is 3.76. The van der Waals surface area contributed by atoms with Crippen molar-refractivity contribution in [3.63, 3.8) is 0 Å². The number of hydrogen-bond acceptors (Lipinski definition) is 6. The van der Waals surface area contributed by atoms with Crippen LogP contribution in [-0.4, -0.2) is 33.5 Å². The molecule has 1 aliphatic rings. The number of carbonyl (C=O) groups excluding carboxylic acids is 1. The van der Waals surface area contributed by atoms with E-state index in [4.69, 9.17) is 9.47 Å². The third-order valence-electron chi connectivity index (χ3n) is 4.08. The normalized spacial score (nSPS) is 13.7. The average molecular weight is 338 g/mol. The van der Waals surface area contributed by atoms with Gasteiger partial charge in [-0.05, 0) is 43.5 Å². The summed E-state index contributed by atoms with van der Waals surface area (Å²) in [5.74, 6) is 1.44. The fourth-order valence-corrected chi connectivity index (χ4v) is 2.60. The molecule has 1 aliphatic carbocycles. The summed E-state index contributed by atoms with van der Waals surface area (Å²) < 4.78 is 12.6. The van der Waals surface area contributed by atoms with Crippen LogP contribution in [0.25, 0.3) is 5.65 Å². The lowest BCUT2D eigenvalue weighted by atomic mass is 10.1. The first-order valence-electron chi connectivity index (χ1n) is 8.11. The first kappa shape index (κ1) is 15.4. The Morgan fingerprint density at radius 1 is 1.36 bits per heavy atom. The molecule has 0 amide bonds. The Bertz CT molecular complexity index is 947. The lowest BCUT2D eigenvalue weighted by Gasteiger charge is -2.12. The van der Waals surface area contributed by atoms with Crippen LogP contribution < -0.4 is 10.1 Å². The van der Waals surface area contributed by atoms with Crippen LogP contribution in [0, 0.1) is 6.92 Å². The number of esters is 1. The summed E-state index contributed by atoms with van der Waals surface area (Å²) in [5, 5.41) is 3.38. The molecule has 2 heterocycles. The second-order valence-corrected chi connectivity index (χ2v) is 6.08. The lowest BCUT2D eigenvalue weighted by molar-refractivity contribution is 0.0600. The van der Waals surface area contributed by atoms with Gasteiger partial charge in [0.05, 0.1) is 18.9 Å². The van der Waals surface area contributed by atoms with Crippen molar-refractivity contribution < 1.29 is 14.3 Å². The molecular weight excluding hydrogens is 320 g/mol. The molecule has 1 aromatic carbocycles. The molecule has 0 bridgehead atoms. The maximum absolute atomic E-state index is 11.6. The molecule has 1 fully saturated rings. The number of hydrogen-bond donors (Lipinski definition) is 1. The second kappa shape index (κ2) is 6.08. The van der Waals surface area contributed by atoms with Gasteiger partial charge in [0, 0.05) is 18.4 Å². The maximum Gasteiger partial charge on any atom is 0.337 e. The summed E-state index contributed by atoms with van der Waals surface area (Å²) in [6.45, 7) is 1.88. The van der Waals surface area contributed by atoms with Gasteiger partial charge in [0.15, 0.2) is 11.5 Å². The number of carbonyl (C=O) groups is 1. The molecule has 1 saturated carbocycles. The predicted octanol–water partition coefficient (Wildman–Crippen LogP) is 3.19. The van der Waals surface area contributed by atoms with E-state index in [1.807, 2.05) is 17.5 Å². The van der Waals surface area contributed by atoms with Crippen molar-refractivity contribution in [2.24, 2.45) is 0 Å². The molecule has 7 nitrogen and oxygen atoms in total. The van der Waals surface area contributed by atoms with Crippen molar-refractivity contribution in [1.29, 1.82) is 0 Å². The quantitative estimate of drug-likeness (QED) is 0.720. The van der Waals surface area contributed by atoms with Crippen LogP contribution in [0.1, 0.15) is 28.8 Å². The van der Waals surface area contributed by atoms with E-state index in [9.17, 15) is 4.79 Å². The Balaban J connectivity index is 1.65. The summed E-state index contributed by atoms with van der Waals surface area (Å²) >= 11 is 0. The highest BCUT2D eigenvalue weighted by Gasteiger charge is 2.23. The monoisotopic (exact) mass is 338 g/mol. The highest BCUT2D eigenvalue weighted by molar-refractivity contribution is 5.89. The molecule has 4 rings (SSSR count). The van der Waals surface area contributed by atoms with E-state index in [2.05, 4.69) is 15.3 Å². The first-order valence-corrected chi connectivity index (χ1v) is 8.11. The topological polar surface area (TPSA) is 77.8 Å². The molecule has 2 aromatic heterocycles. The van der Waals surface area contributed by atoms with Gasteiger partial charge >= 0.3 is 5.97 Å². The van der Waals surface area contributed by atoms with Crippen LogP contribution in [0.5, 0.6) is 11.6 Å². The van der Waals surface area contributed by atoms with E-state index < -0.39 is 0 Å². The number of benzene rings is 1. The van der Waals surface area contributed by atoms with Crippen LogP contribution in [0.15, 0.2) is 36.8 Å². The number of ether oxygens (including phenoxy) is 2. The molecule has 1 N–H and O–H groups in total. The maximum atomic E-state index is 11.6. The standard InChI is InChI=1S/C18H18N4O3/c1-11-9-12(18(23)24-2)3-6-14(11)25-15-10-22-8-7-19-17(22)16(21-15)20-13-4-5-13/h3,6-10,13H,4-5H2,1-2H3,(H,20,21). The smallest absolute Gasteiger partial charge is 0.337 e. The van der Waals surface area contributed by atoms with Gasteiger partial charge in [-0.25, -0.2) is 9.78 Å². The van der Waals surface area contributed by atoms with Crippen LogP contribution in [0.2, 0.25) is 0 Å². The first-order chi connectivity index (χ1) is 12.1. The lowest BCUT2D eigenvalue weighted by Crippen LogP contribution is -2.07. The van der Waals surface area contributed by atoms with E-state index in [0.717, 1.165) is 24.1 Å². The minimum absolute atomic E-state index is 0.372. The Hall–Kier alpha value is -3.09. The van der Waals surface area contributed by atoms with Crippen molar-refractivity contribution in [3.05, 3.63) is 47.9 Å². The number of imidazole rings is 1. The number of methoxy groups -OCH3 is 1. The molecular formula is C18H18N4O3. The summed E-state index contributed by atoms with van der Waals surface area (Å²) in [7, 11) is 1.36. The number of nitrogens with zero attached hydrogens (tertiary/aromatic N) is 3. The van der Waals surface area contributed by atoms with Crippen LogP contribution >= 0.6 is 0 Å². The van der Waals surface area contributed by atoms with Crippen LogP contribution in [-0.2, 0) is 4.74 Å². The molecule has 0 saturated heterocycles. The number of rotatable bonds is 5. The molecule has 25 heavy (non-hydrogen) atoms. The SMILES string of the molecule is COC(=O)c1ccc(Oc2cn3ccnc3c(NC3CC3)n2)c(C)c1. The van der Waals surface area contributed by atoms with Gasteiger partial charge in [-0.1, -0.05) is 0 Å². The second-order valence-electron chi connectivity index (χ2n) is 6.08. The van der Waals surface area contributed by atoms with Gasteiger partial charge in [-0.15, -0.1) is 0 Å². The van der Waals surface area contributed by atoms with Crippen molar-refractivity contribution in [1.82, 2.24) is 14.4 Å². The minimum Gasteiger partial charge on any atom is -0.465 e. The number of anilines is 1. The van der Waals surface area contributed by atoms with E-state index in [0.29, 0.717) is 29.1 Å². The number of aromatic nitrogens is 3. The summed E-state index contributed by atoms with van der Waals surface area (Å²) in [6, 6.07) is 5.62. The molecule has 0 unspecified atom stereocenters. The Morgan fingerprint density at radius 3 is 2.92 bits per heavy atom. The summed E-state index contributed by atoms with van der Waals surface area (Å²) in [6.07, 6.45) is 7.67. The van der Waals surface area contributed by atoms with Crippen molar-refractivity contribution in [2.45, 2.75) is 25.8 Å². The van der Waals surface area contributed by atoms with Crippen molar-refractivity contribution >= 4 is 17.4 Å². The fourth-order valence-electron chi connectivity index (χ4n) is 2.60. The van der Waals surface area contributed by atoms with Gasteiger partial charge in [-0.3, -0.25) is 4.40 Å². The number of fused-ring (bicyclic) bond motifs is 1. The van der Waals surface area contributed by atoms with E-state index in [-0.39, 0.29) is 5.97 Å². The van der Waals surface area contributed by atoms with Gasteiger partial charge in [0.25, 0.3) is 0 Å². The molecule has 0 spiro atoms. The number of aryl methyl sites for hydroxylation is 1. The minimum atomic E-state index is -0.372. The van der Waals surface area contributed by atoms with Gasteiger partial charge in [-0.2, -0.15) is 4.98 Å². The number of nitrogens with one attached hydrogen (secondary N) is 1. The molecule has 0 aliphatic heterocycles. The molecule has 7 heteroatoms. The van der Waals surface area contributed by atoms with Gasteiger partial charge in [0.1, 0.15) is 5.75 Å². The Labute approximate surface area is 144 Å². The van der Waals surface area contributed by atoms with Crippen molar-refractivity contribution in [2.75, 3.05) is 12.4 Å². The van der Waals surface area contributed by atoms with Crippen LogP contribution in [0.4, 0.5) is 5.82 Å². The third kappa shape index (κ3) is 3.13. The molecule has 128 valence electrons. The van der Waals surface area contributed by atoms with E-state index in [1.165, 1.54) is 7.11 Å². The average Bonchev–Trinajstić information content (AvgIpc) is 3.29. The van der Waals surface area contributed by atoms with Gasteiger partial charge < -0.3 is 14.8 Å². The third-order valence-corrected chi connectivity index (χ3v) is 4.08. The molecule has 0 atom stereocenters.